The van der Waals surface area contributed by atoms with Crippen LogP contribution in [0.15, 0.2) is 0 Å². The first-order chi connectivity index (χ1) is 11.2. The smallest absolute Gasteiger partial charge is 0.303 e. The summed E-state index contributed by atoms with van der Waals surface area (Å²) in [6.07, 6.45) is -5.04. The molecule has 1 saturated heterocycles. The molecule has 1 amide bonds. The highest BCUT2D eigenvalue weighted by Crippen LogP contribution is 2.41. The number of methoxy groups -OCH3 is 2. The zero-order valence-electron chi connectivity index (χ0n) is 13.8. The summed E-state index contributed by atoms with van der Waals surface area (Å²) >= 11 is 0. The fourth-order valence-electron chi connectivity index (χ4n) is 2.60. The van der Waals surface area contributed by atoms with E-state index in [9.17, 15) is 19.6 Å². The van der Waals surface area contributed by atoms with Crippen LogP contribution in [0.1, 0.15) is 13.8 Å². The first-order valence-corrected chi connectivity index (χ1v) is 6.97. The lowest BCUT2D eigenvalue weighted by atomic mass is 9.72. The highest BCUT2D eigenvalue weighted by molar-refractivity contribution is 5.86. The van der Waals surface area contributed by atoms with E-state index in [0.717, 1.165) is 6.92 Å². The van der Waals surface area contributed by atoms with Gasteiger partial charge in [-0.3, -0.25) is 14.4 Å². The zero-order chi connectivity index (χ0) is 18.5. The molecular weight excluding hydrogens is 324 g/mol. The summed E-state index contributed by atoms with van der Waals surface area (Å²) in [6, 6.07) is 1.78. The number of ether oxygens (including phenoxy) is 5. The maximum absolute atomic E-state index is 12.1. The van der Waals surface area contributed by atoms with E-state index in [-0.39, 0.29) is 6.61 Å². The molecule has 2 N–H and O–H groups in total. The maximum Gasteiger partial charge on any atom is 0.303 e. The van der Waals surface area contributed by atoms with E-state index >= 15 is 0 Å². The second kappa shape index (κ2) is 8.05. The summed E-state index contributed by atoms with van der Waals surface area (Å²) in [6.45, 7) is 1.89. The van der Waals surface area contributed by atoms with Crippen LogP contribution < -0.4 is 5.73 Å². The number of nitrogens with zero attached hydrogens (tertiary/aromatic N) is 1. The highest BCUT2D eigenvalue weighted by atomic mass is 16.7. The molecule has 1 aliphatic heterocycles. The number of primary amides is 1. The van der Waals surface area contributed by atoms with Crippen LogP contribution in [-0.2, 0) is 38.1 Å². The second-order valence-corrected chi connectivity index (χ2v) is 5.11. The van der Waals surface area contributed by atoms with E-state index in [0.29, 0.717) is 0 Å². The van der Waals surface area contributed by atoms with Crippen LogP contribution >= 0.6 is 0 Å². The van der Waals surface area contributed by atoms with Gasteiger partial charge in [0.2, 0.25) is 11.3 Å². The van der Waals surface area contributed by atoms with Crippen LogP contribution in [0, 0.1) is 16.7 Å². The third-order valence-corrected chi connectivity index (χ3v) is 3.61. The van der Waals surface area contributed by atoms with Crippen molar-refractivity contribution in [3.05, 3.63) is 0 Å². The molecule has 0 spiro atoms. The molecule has 134 valence electrons. The van der Waals surface area contributed by atoms with E-state index in [2.05, 4.69) is 0 Å². The third-order valence-electron chi connectivity index (χ3n) is 3.61. The molecule has 5 atom stereocenters. The molecule has 0 aromatic heterocycles. The van der Waals surface area contributed by atoms with E-state index in [1.807, 2.05) is 0 Å². The second-order valence-electron chi connectivity index (χ2n) is 5.11. The Morgan fingerprint density at radius 1 is 1.17 bits per heavy atom. The molecule has 0 bridgehead atoms. The van der Waals surface area contributed by atoms with Crippen LogP contribution in [0.3, 0.4) is 0 Å². The molecule has 0 saturated carbocycles. The summed E-state index contributed by atoms with van der Waals surface area (Å²) in [5, 5.41) is 9.66. The van der Waals surface area contributed by atoms with Gasteiger partial charge in [-0.05, 0) is 0 Å². The number of amides is 1. The summed E-state index contributed by atoms with van der Waals surface area (Å²) in [5.41, 5.74) is 3.34. The molecular formula is C14H20N2O8. The number of carbonyl (C=O) groups is 3. The summed E-state index contributed by atoms with van der Waals surface area (Å²) in [4.78, 5) is 34.6. The SMILES string of the molecule is CO[C@@H]1O[C@@H](COC(C)=O)[C@H](OC(C)=O)[C@@](C#N)(C(N)=O)[C@@H]1OC. The Kier molecular flexibility index (Phi) is 6.65. The molecule has 0 aromatic carbocycles. The monoisotopic (exact) mass is 344 g/mol. The highest BCUT2D eigenvalue weighted by Gasteiger charge is 2.64. The number of nitrogens with two attached hydrogens (primary N) is 1. The van der Waals surface area contributed by atoms with Gasteiger partial charge in [0, 0.05) is 28.1 Å². The first-order valence-electron chi connectivity index (χ1n) is 6.97. The lowest BCUT2D eigenvalue weighted by Crippen LogP contribution is -2.68. The molecule has 0 radical (unpaired) electrons. The fraction of sp³-hybridized carbons (Fsp3) is 0.714. The fourth-order valence-corrected chi connectivity index (χ4v) is 2.60. The van der Waals surface area contributed by atoms with Crippen molar-refractivity contribution < 1.29 is 38.1 Å². The zero-order valence-corrected chi connectivity index (χ0v) is 13.8. The average molecular weight is 344 g/mol. The molecule has 0 aromatic rings. The minimum Gasteiger partial charge on any atom is -0.463 e. The van der Waals surface area contributed by atoms with E-state index in [4.69, 9.17) is 29.4 Å². The van der Waals surface area contributed by atoms with Gasteiger partial charge >= 0.3 is 11.9 Å². The van der Waals surface area contributed by atoms with Gasteiger partial charge in [-0.1, -0.05) is 0 Å². The minimum atomic E-state index is -2.09. The van der Waals surface area contributed by atoms with E-state index in [1.165, 1.54) is 21.1 Å². The first kappa shape index (κ1) is 19.8. The van der Waals surface area contributed by atoms with Crippen molar-refractivity contribution in [1.82, 2.24) is 0 Å². The Hall–Kier alpha value is -2.22. The Morgan fingerprint density at radius 2 is 1.79 bits per heavy atom. The number of rotatable bonds is 6. The van der Waals surface area contributed by atoms with Crippen LogP contribution in [0.2, 0.25) is 0 Å². The molecule has 24 heavy (non-hydrogen) atoms. The predicted octanol–water partition coefficient (Wildman–Crippen LogP) is -1.14. The van der Waals surface area contributed by atoms with Crippen molar-refractivity contribution in [2.24, 2.45) is 11.1 Å². The van der Waals surface area contributed by atoms with Crippen molar-refractivity contribution in [2.75, 3.05) is 20.8 Å². The molecule has 1 aliphatic rings. The molecule has 1 rings (SSSR count). The lowest BCUT2D eigenvalue weighted by Gasteiger charge is -2.47. The van der Waals surface area contributed by atoms with Crippen molar-refractivity contribution in [3.8, 4) is 6.07 Å². The van der Waals surface area contributed by atoms with Gasteiger partial charge < -0.3 is 29.4 Å². The quantitative estimate of drug-likeness (QED) is 0.590. The number of carbonyl (C=O) groups excluding carboxylic acids is 3. The van der Waals surface area contributed by atoms with Crippen LogP contribution in [0.4, 0.5) is 0 Å². The Labute approximate surface area is 138 Å². The number of nitriles is 1. The molecule has 1 heterocycles. The van der Waals surface area contributed by atoms with Gasteiger partial charge in [0.25, 0.3) is 0 Å². The standard InChI is InChI=1S/C14H20N2O8/c1-7(17)22-5-9-10(23-8(2)18)14(6-15,13(16)19)11(20-3)12(21-4)24-9/h9-12H,5H2,1-4H3,(H2,16,19)/t9-,10-,11+,12+,14+/m0/s1. The van der Waals surface area contributed by atoms with Crippen molar-refractivity contribution in [2.45, 2.75) is 38.4 Å². The molecule has 10 heteroatoms. The summed E-state index contributed by atoms with van der Waals surface area (Å²) < 4.78 is 25.8. The normalized spacial score (nSPS) is 32.5. The molecule has 0 aliphatic carbocycles. The maximum atomic E-state index is 12.1. The van der Waals surface area contributed by atoms with E-state index < -0.39 is 47.9 Å². The van der Waals surface area contributed by atoms with Gasteiger partial charge in [-0.15, -0.1) is 0 Å². The Balaban J connectivity index is 3.40. The Morgan fingerprint density at radius 3 is 2.17 bits per heavy atom. The Bertz CT molecular complexity index is 545. The van der Waals surface area contributed by atoms with Crippen LogP contribution in [0.25, 0.3) is 0 Å². The molecule has 0 unspecified atom stereocenters. The van der Waals surface area contributed by atoms with Crippen molar-refractivity contribution in [3.63, 3.8) is 0 Å². The average Bonchev–Trinajstić information content (AvgIpc) is 2.51. The third kappa shape index (κ3) is 3.64. The van der Waals surface area contributed by atoms with Crippen LogP contribution in [0.5, 0.6) is 0 Å². The molecule has 1 fully saturated rings. The minimum absolute atomic E-state index is 0.375. The van der Waals surface area contributed by atoms with Crippen molar-refractivity contribution >= 4 is 17.8 Å². The largest absolute Gasteiger partial charge is 0.463 e. The number of hydrogen-bond donors (Lipinski definition) is 1. The van der Waals surface area contributed by atoms with Crippen LogP contribution in [-0.4, -0.2) is 63.3 Å². The van der Waals surface area contributed by atoms with E-state index in [1.54, 1.807) is 6.07 Å². The van der Waals surface area contributed by atoms with Crippen molar-refractivity contribution in [1.29, 1.82) is 5.26 Å². The lowest BCUT2D eigenvalue weighted by molar-refractivity contribution is -0.299. The number of hydrogen-bond acceptors (Lipinski definition) is 9. The van der Waals surface area contributed by atoms with Gasteiger partial charge in [0.05, 0.1) is 6.07 Å². The number of esters is 2. The van der Waals surface area contributed by atoms with Gasteiger partial charge in [-0.25, -0.2) is 0 Å². The topological polar surface area (TPSA) is 147 Å². The van der Waals surface area contributed by atoms with Gasteiger partial charge in [0.1, 0.15) is 18.8 Å². The van der Waals surface area contributed by atoms with Gasteiger partial charge in [-0.2, -0.15) is 5.26 Å². The van der Waals surface area contributed by atoms with Gasteiger partial charge in [0.15, 0.2) is 12.4 Å². The predicted molar refractivity (Wildman–Crippen MR) is 75.9 cm³/mol. The summed E-state index contributed by atoms with van der Waals surface area (Å²) in [5.74, 6) is -2.48. The summed E-state index contributed by atoms with van der Waals surface area (Å²) in [7, 11) is 2.50. The molecule has 10 nitrogen and oxygen atoms in total.